The largest absolute Gasteiger partial charge is 0.311 e. The van der Waals surface area contributed by atoms with Crippen molar-refractivity contribution in [2.45, 2.75) is 19.3 Å². The highest BCUT2D eigenvalue weighted by molar-refractivity contribution is 7.33. The maximum atomic E-state index is 2.62. The minimum Gasteiger partial charge on any atom is -0.311 e. The molecule has 1 aromatic heterocycles. The van der Waals surface area contributed by atoms with E-state index in [-0.39, 0.29) is 18.8 Å². The fourth-order valence-corrected chi connectivity index (χ4v) is 14.1. The standard InChI is InChI=1S/C61H42B2N4S/c1-61(2)45-31-17-15-29-43(45)57-59(61)62-46-37-53-47(38-52(46)64(39-21-7-3-8-22-39)48-32-19-34-50(55(48)62)66(57)41-25-11-5-12-26-41)63-56-49(65(53)40-23-9-4-10-24-40)33-20-35-51(56)67(42-27-13-6-14-28-42)58-44-30-16-18-36-54(44)68-60(58)63/h3-38H,1-2H3. The third-order valence-corrected chi connectivity index (χ3v) is 16.6. The average Bonchev–Trinajstić information content (AvgIpc) is 3.89. The Labute approximate surface area is 401 Å². The van der Waals surface area contributed by atoms with Gasteiger partial charge in [-0.25, -0.2) is 0 Å². The van der Waals surface area contributed by atoms with E-state index in [9.17, 15) is 0 Å². The van der Waals surface area contributed by atoms with E-state index in [0.717, 1.165) is 11.4 Å². The molecule has 0 spiro atoms. The van der Waals surface area contributed by atoms with Gasteiger partial charge in [0.2, 0.25) is 6.71 Å². The molecule has 1 aliphatic carbocycles. The number of nitrogens with zero attached hydrogens (tertiary/aromatic N) is 4. The first-order valence-electron chi connectivity index (χ1n) is 23.8. The smallest absolute Gasteiger partial charge is 0.264 e. The molecule has 0 saturated heterocycles. The molecule has 4 nitrogen and oxygen atoms in total. The molecule has 15 rings (SSSR count). The average molecular weight is 885 g/mol. The maximum absolute atomic E-state index is 2.62. The van der Waals surface area contributed by atoms with Gasteiger partial charge in [0, 0.05) is 88.4 Å². The van der Waals surface area contributed by atoms with Crippen molar-refractivity contribution in [2.75, 3.05) is 19.6 Å². The molecule has 0 bridgehead atoms. The molecule has 7 heteroatoms. The summed E-state index contributed by atoms with van der Waals surface area (Å²) in [5.74, 6) is 0. The van der Waals surface area contributed by atoms with Crippen LogP contribution in [0.2, 0.25) is 0 Å². The van der Waals surface area contributed by atoms with Crippen molar-refractivity contribution in [1.82, 2.24) is 0 Å². The molecule has 0 saturated carbocycles. The Morgan fingerprint density at radius 2 is 0.838 bits per heavy atom. The summed E-state index contributed by atoms with van der Waals surface area (Å²) >= 11 is 1.95. The van der Waals surface area contributed by atoms with Crippen LogP contribution in [0.5, 0.6) is 0 Å². The van der Waals surface area contributed by atoms with Crippen molar-refractivity contribution < 1.29 is 0 Å². The predicted octanol–water partition coefficient (Wildman–Crippen LogP) is 12.8. The SMILES string of the molecule is CC1(C)C2=C(c3ccccc31)N(c1ccccc1)c1cccc3c1B2c1cc2c(cc1N3c1ccccc1)B1c3sc4ccccc4c3N(c3ccccc3)c3cccc(c31)N2c1ccccc1. The predicted molar refractivity (Wildman–Crippen MR) is 291 cm³/mol. The number of anilines is 11. The molecule has 0 unspecified atom stereocenters. The van der Waals surface area contributed by atoms with E-state index < -0.39 is 0 Å². The van der Waals surface area contributed by atoms with Crippen LogP contribution in [0.3, 0.4) is 0 Å². The first-order chi connectivity index (χ1) is 33.6. The Bertz CT molecular complexity index is 3760. The molecule has 318 valence electrons. The molecular formula is C61H42B2N4S. The van der Waals surface area contributed by atoms with Crippen molar-refractivity contribution in [3.8, 4) is 0 Å². The summed E-state index contributed by atoms with van der Waals surface area (Å²) in [5.41, 5.74) is 23.8. The number of allylic oxidation sites excluding steroid dienone is 1. The van der Waals surface area contributed by atoms with Crippen molar-refractivity contribution in [1.29, 1.82) is 0 Å². The summed E-state index contributed by atoms with van der Waals surface area (Å²) in [6.07, 6.45) is 0. The Hall–Kier alpha value is -7.99. The van der Waals surface area contributed by atoms with Crippen LogP contribution in [0.1, 0.15) is 25.0 Å². The molecule has 0 amide bonds. The molecule has 10 aromatic rings. The Morgan fingerprint density at radius 3 is 1.43 bits per heavy atom. The van der Waals surface area contributed by atoms with E-state index in [0.29, 0.717) is 0 Å². The maximum Gasteiger partial charge on any atom is 0.264 e. The van der Waals surface area contributed by atoms with Crippen molar-refractivity contribution in [3.63, 3.8) is 0 Å². The van der Waals surface area contributed by atoms with Gasteiger partial charge in [-0.2, -0.15) is 0 Å². The first-order valence-corrected chi connectivity index (χ1v) is 24.6. The number of para-hydroxylation sites is 4. The molecule has 0 atom stereocenters. The Kier molecular flexibility index (Phi) is 7.87. The van der Waals surface area contributed by atoms with Crippen LogP contribution >= 0.6 is 11.3 Å². The number of hydrogen-bond acceptors (Lipinski definition) is 5. The van der Waals surface area contributed by atoms with E-state index in [1.54, 1.807) is 0 Å². The number of benzene rings is 9. The lowest BCUT2D eigenvalue weighted by Gasteiger charge is -2.47. The number of rotatable bonds is 4. The lowest BCUT2D eigenvalue weighted by Crippen LogP contribution is -2.62. The van der Waals surface area contributed by atoms with Crippen LogP contribution in [0.25, 0.3) is 15.8 Å². The third kappa shape index (κ3) is 5.01. The van der Waals surface area contributed by atoms with Gasteiger partial charge in [0.05, 0.1) is 5.69 Å². The lowest BCUT2D eigenvalue weighted by molar-refractivity contribution is 0.666. The van der Waals surface area contributed by atoms with Crippen LogP contribution in [-0.4, -0.2) is 13.4 Å². The zero-order valence-corrected chi connectivity index (χ0v) is 38.5. The monoisotopic (exact) mass is 884 g/mol. The third-order valence-electron chi connectivity index (χ3n) is 15.4. The van der Waals surface area contributed by atoms with Crippen LogP contribution in [-0.2, 0) is 5.41 Å². The molecule has 5 heterocycles. The highest BCUT2D eigenvalue weighted by atomic mass is 32.1. The van der Waals surface area contributed by atoms with Crippen molar-refractivity contribution in [2.24, 2.45) is 0 Å². The molecular weight excluding hydrogens is 842 g/mol. The highest BCUT2D eigenvalue weighted by Gasteiger charge is 2.54. The minimum atomic E-state index is -0.270. The molecule has 5 aliphatic rings. The van der Waals surface area contributed by atoms with Gasteiger partial charge in [-0.05, 0) is 118 Å². The van der Waals surface area contributed by atoms with Gasteiger partial charge in [-0.3, -0.25) is 0 Å². The topological polar surface area (TPSA) is 13.0 Å². The number of hydrogen-bond donors (Lipinski definition) is 0. The normalized spacial score (nSPS) is 15.4. The van der Waals surface area contributed by atoms with E-state index in [2.05, 4.69) is 252 Å². The van der Waals surface area contributed by atoms with Crippen LogP contribution in [0.15, 0.2) is 224 Å². The molecule has 0 N–H and O–H groups in total. The second kappa shape index (κ2) is 14.0. The molecule has 4 aliphatic heterocycles. The summed E-state index contributed by atoms with van der Waals surface area (Å²) in [6.45, 7) is 4.89. The number of fused-ring (bicyclic) bond motifs is 11. The van der Waals surface area contributed by atoms with Gasteiger partial charge in [-0.15, -0.1) is 11.3 Å². The molecule has 0 radical (unpaired) electrons. The van der Waals surface area contributed by atoms with Gasteiger partial charge in [0.1, 0.15) is 0 Å². The number of thiophene rings is 1. The van der Waals surface area contributed by atoms with Gasteiger partial charge < -0.3 is 19.6 Å². The van der Waals surface area contributed by atoms with Gasteiger partial charge in [-0.1, -0.05) is 147 Å². The van der Waals surface area contributed by atoms with Crippen molar-refractivity contribution >= 4 is 130 Å². The zero-order valence-electron chi connectivity index (χ0n) is 37.6. The molecule has 0 fully saturated rings. The summed E-state index contributed by atoms with van der Waals surface area (Å²) in [5, 5.41) is 1.29. The first kappa shape index (κ1) is 38.1. The summed E-state index contributed by atoms with van der Waals surface area (Å²) in [7, 11) is 0. The highest BCUT2D eigenvalue weighted by Crippen LogP contribution is 2.56. The Balaban J connectivity index is 1.08. The summed E-state index contributed by atoms with van der Waals surface area (Å²) in [4.78, 5) is 10.3. The minimum absolute atomic E-state index is 0.0129. The Morgan fingerprint density at radius 1 is 0.397 bits per heavy atom. The van der Waals surface area contributed by atoms with Crippen molar-refractivity contribution in [3.05, 3.63) is 235 Å². The second-order valence-electron chi connectivity index (χ2n) is 19.2. The molecule has 9 aromatic carbocycles. The van der Waals surface area contributed by atoms with E-state index in [1.807, 2.05) is 11.3 Å². The molecule has 68 heavy (non-hydrogen) atoms. The van der Waals surface area contributed by atoms with E-state index in [4.69, 9.17) is 0 Å². The van der Waals surface area contributed by atoms with Gasteiger partial charge in [0.25, 0.3) is 6.71 Å². The fourth-order valence-electron chi connectivity index (χ4n) is 12.7. The quantitative estimate of drug-likeness (QED) is 0.163. The van der Waals surface area contributed by atoms with Crippen LogP contribution < -0.4 is 46.2 Å². The van der Waals surface area contributed by atoms with Gasteiger partial charge in [0.15, 0.2) is 0 Å². The van der Waals surface area contributed by atoms with Crippen LogP contribution in [0, 0.1) is 0 Å². The van der Waals surface area contributed by atoms with Crippen LogP contribution in [0.4, 0.5) is 62.6 Å². The van der Waals surface area contributed by atoms with E-state index in [1.165, 1.54) is 110 Å². The second-order valence-corrected chi connectivity index (χ2v) is 20.3. The summed E-state index contributed by atoms with van der Waals surface area (Å²) in [6, 6.07) is 81.5. The summed E-state index contributed by atoms with van der Waals surface area (Å²) < 4.78 is 2.68. The zero-order chi connectivity index (χ0) is 44.8. The van der Waals surface area contributed by atoms with Gasteiger partial charge >= 0.3 is 0 Å². The lowest BCUT2D eigenvalue weighted by atomic mass is 9.29. The fraction of sp³-hybridized carbons (Fsp3) is 0.0492. The van der Waals surface area contributed by atoms with E-state index >= 15 is 0 Å².